The molecule has 0 radical (unpaired) electrons. The highest BCUT2D eigenvalue weighted by Gasteiger charge is 2.18. The zero-order chi connectivity index (χ0) is 16.8. The predicted molar refractivity (Wildman–Crippen MR) is 86.1 cm³/mol. The molecule has 5 heteroatoms. The van der Waals surface area contributed by atoms with E-state index in [0.717, 1.165) is 5.56 Å². The molecule has 2 aromatic carbocycles. The van der Waals surface area contributed by atoms with Gasteiger partial charge < -0.3 is 10.6 Å². The Morgan fingerprint density at radius 3 is 2.43 bits per heavy atom. The van der Waals surface area contributed by atoms with Crippen LogP contribution in [-0.2, 0) is 11.3 Å². The summed E-state index contributed by atoms with van der Waals surface area (Å²) < 4.78 is 13.7. The number of rotatable bonds is 6. The fourth-order valence-corrected chi connectivity index (χ4v) is 2.21. The number of nitrogens with two attached hydrogens (primary N) is 1. The number of carbonyl (C=O) groups excluding carboxylic acids is 2. The number of halogens is 1. The standard InChI is InChI=1S/C18H19FN2O2/c1-13-7-8-15(11-16(13)19)18(23)21(10-9-17(20)22)12-14-5-3-2-4-6-14/h2-8,11H,9-10,12H2,1H3,(H2,20,22). The molecule has 0 aliphatic rings. The van der Waals surface area contributed by atoms with E-state index in [0.29, 0.717) is 12.1 Å². The molecule has 0 saturated carbocycles. The van der Waals surface area contributed by atoms with Crippen molar-refractivity contribution in [3.8, 4) is 0 Å². The van der Waals surface area contributed by atoms with Crippen LogP contribution >= 0.6 is 0 Å². The second-order valence-corrected chi connectivity index (χ2v) is 5.39. The lowest BCUT2D eigenvalue weighted by Crippen LogP contribution is -2.33. The molecule has 23 heavy (non-hydrogen) atoms. The predicted octanol–water partition coefficient (Wildman–Crippen LogP) is 2.65. The van der Waals surface area contributed by atoms with E-state index in [9.17, 15) is 14.0 Å². The molecule has 0 fully saturated rings. The van der Waals surface area contributed by atoms with Crippen LogP contribution in [0.5, 0.6) is 0 Å². The number of primary amides is 1. The average molecular weight is 314 g/mol. The number of nitrogens with zero attached hydrogens (tertiary/aromatic N) is 1. The topological polar surface area (TPSA) is 63.4 Å². The summed E-state index contributed by atoms with van der Waals surface area (Å²) in [6.45, 7) is 2.17. The van der Waals surface area contributed by atoms with Gasteiger partial charge in [-0.3, -0.25) is 9.59 Å². The number of amides is 2. The summed E-state index contributed by atoms with van der Waals surface area (Å²) in [5.41, 5.74) is 6.85. The number of hydrogen-bond acceptors (Lipinski definition) is 2. The van der Waals surface area contributed by atoms with Crippen LogP contribution in [0.25, 0.3) is 0 Å². The zero-order valence-electron chi connectivity index (χ0n) is 13.0. The van der Waals surface area contributed by atoms with Gasteiger partial charge in [-0.15, -0.1) is 0 Å². The quantitative estimate of drug-likeness (QED) is 0.891. The molecule has 2 N–H and O–H groups in total. The molecule has 2 rings (SSSR count). The van der Waals surface area contributed by atoms with Crippen LogP contribution in [0.15, 0.2) is 48.5 Å². The van der Waals surface area contributed by atoms with Crippen molar-refractivity contribution in [3.05, 3.63) is 71.0 Å². The summed E-state index contributed by atoms with van der Waals surface area (Å²) in [6.07, 6.45) is 0.0624. The normalized spacial score (nSPS) is 10.3. The molecule has 0 aliphatic carbocycles. The fraction of sp³-hybridized carbons (Fsp3) is 0.222. The van der Waals surface area contributed by atoms with E-state index in [2.05, 4.69) is 0 Å². The van der Waals surface area contributed by atoms with E-state index >= 15 is 0 Å². The maximum Gasteiger partial charge on any atom is 0.254 e. The first-order chi connectivity index (χ1) is 11.0. The second-order valence-electron chi connectivity index (χ2n) is 5.39. The fourth-order valence-electron chi connectivity index (χ4n) is 2.21. The molecule has 0 spiro atoms. The molecule has 2 amide bonds. The molecule has 0 aromatic heterocycles. The summed E-state index contributed by atoms with van der Waals surface area (Å²) in [6, 6.07) is 13.8. The van der Waals surface area contributed by atoms with Gasteiger partial charge >= 0.3 is 0 Å². The first-order valence-electron chi connectivity index (χ1n) is 7.35. The van der Waals surface area contributed by atoms with Crippen molar-refractivity contribution < 1.29 is 14.0 Å². The Balaban J connectivity index is 2.22. The van der Waals surface area contributed by atoms with E-state index < -0.39 is 11.7 Å². The molecular formula is C18H19FN2O2. The smallest absolute Gasteiger partial charge is 0.254 e. The van der Waals surface area contributed by atoms with Crippen LogP contribution in [0.1, 0.15) is 27.9 Å². The van der Waals surface area contributed by atoms with Gasteiger partial charge in [0.1, 0.15) is 5.82 Å². The van der Waals surface area contributed by atoms with Crippen LogP contribution < -0.4 is 5.73 Å². The van der Waals surface area contributed by atoms with Crippen LogP contribution in [0.3, 0.4) is 0 Å². The highest BCUT2D eigenvalue weighted by molar-refractivity contribution is 5.94. The maximum atomic E-state index is 13.7. The van der Waals surface area contributed by atoms with Gasteiger partial charge in [0.2, 0.25) is 5.91 Å². The zero-order valence-corrected chi connectivity index (χ0v) is 13.0. The van der Waals surface area contributed by atoms with Crippen molar-refractivity contribution in [3.63, 3.8) is 0 Å². The van der Waals surface area contributed by atoms with Crippen molar-refractivity contribution >= 4 is 11.8 Å². The lowest BCUT2D eigenvalue weighted by atomic mass is 10.1. The Kier molecular flexibility index (Phi) is 5.46. The summed E-state index contributed by atoms with van der Waals surface area (Å²) in [4.78, 5) is 25.2. The van der Waals surface area contributed by atoms with Crippen molar-refractivity contribution in [1.29, 1.82) is 0 Å². The summed E-state index contributed by atoms with van der Waals surface area (Å²) in [5.74, 6) is -1.23. The Bertz CT molecular complexity index is 701. The van der Waals surface area contributed by atoms with Gasteiger partial charge in [0, 0.05) is 25.1 Å². The molecule has 2 aromatic rings. The molecule has 0 heterocycles. The minimum Gasteiger partial charge on any atom is -0.370 e. The maximum absolute atomic E-state index is 13.7. The van der Waals surface area contributed by atoms with Crippen molar-refractivity contribution in [2.24, 2.45) is 5.73 Å². The largest absolute Gasteiger partial charge is 0.370 e. The Morgan fingerprint density at radius 2 is 1.83 bits per heavy atom. The van der Waals surface area contributed by atoms with Crippen LogP contribution in [-0.4, -0.2) is 23.3 Å². The van der Waals surface area contributed by atoms with Gasteiger partial charge in [-0.1, -0.05) is 36.4 Å². The van der Waals surface area contributed by atoms with Gasteiger partial charge in [-0.25, -0.2) is 4.39 Å². The summed E-state index contributed by atoms with van der Waals surface area (Å²) >= 11 is 0. The Labute approximate surface area is 134 Å². The monoisotopic (exact) mass is 314 g/mol. The third-order valence-corrected chi connectivity index (χ3v) is 3.55. The van der Waals surface area contributed by atoms with Gasteiger partial charge in [0.15, 0.2) is 0 Å². The van der Waals surface area contributed by atoms with E-state index in [1.165, 1.54) is 11.0 Å². The van der Waals surface area contributed by atoms with E-state index in [-0.39, 0.29) is 24.4 Å². The molecule has 0 unspecified atom stereocenters. The number of carbonyl (C=O) groups is 2. The number of aryl methyl sites for hydroxylation is 1. The minimum atomic E-state index is -0.481. The Morgan fingerprint density at radius 1 is 1.13 bits per heavy atom. The van der Waals surface area contributed by atoms with Crippen molar-refractivity contribution in [1.82, 2.24) is 4.90 Å². The second kappa shape index (κ2) is 7.54. The molecule has 0 atom stereocenters. The lowest BCUT2D eigenvalue weighted by Gasteiger charge is -2.22. The molecule has 0 bridgehead atoms. The molecule has 0 saturated heterocycles. The molecule has 120 valence electrons. The number of benzene rings is 2. The highest BCUT2D eigenvalue weighted by atomic mass is 19.1. The van der Waals surface area contributed by atoms with Crippen LogP contribution in [0, 0.1) is 12.7 Å². The molecule has 0 aliphatic heterocycles. The van der Waals surface area contributed by atoms with Crippen LogP contribution in [0.2, 0.25) is 0 Å². The number of hydrogen-bond donors (Lipinski definition) is 1. The third kappa shape index (κ3) is 4.64. The van der Waals surface area contributed by atoms with Gasteiger partial charge in [0.25, 0.3) is 5.91 Å². The van der Waals surface area contributed by atoms with Crippen molar-refractivity contribution in [2.75, 3.05) is 6.54 Å². The van der Waals surface area contributed by atoms with E-state index in [1.807, 2.05) is 30.3 Å². The van der Waals surface area contributed by atoms with E-state index in [4.69, 9.17) is 5.73 Å². The van der Waals surface area contributed by atoms with Gasteiger partial charge in [0.05, 0.1) is 0 Å². The summed E-state index contributed by atoms with van der Waals surface area (Å²) in [7, 11) is 0. The Hall–Kier alpha value is -2.69. The third-order valence-electron chi connectivity index (χ3n) is 3.55. The SMILES string of the molecule is Cc1ccc(C(=O)N(CCC(N)=O)Cc2ccccc2)cc1F. The highest BCUT2D eigenvalue weighted by Crippen LogP contribution is 2.14. The van der Waals surface area contributed by atoms with Crippen LogP contribution in [0.4, 0.5) is 4.39 Å². The molecule has 4 nitrogen and oxygen atoms in total. The average Bonchev–Trinajstić information content (AvgIpc) is 2.54. The lowest BCUT2D eigenvalue weighted by molar-refractivity contribution is -0.118. The first kappa shape index (κ1) is 16.7. The molecular weight excluding hydrogens is 295 g/mol. The minimum absolute atomic E-state index is 0.0624. The van der Waals surface area contributed by atoms with Crippen molar-refractivity contribution in [2.45, 2.75) is 19.9 Å². The van der Waals surface area contributed by atoms with Gasteiger partial charge in [-0.2, -0.15) is 0 Å². The van der Waals surface area contributed by atoms with Gasteiger partial charge in [-0.05, 0) is 30.2 Å². The summed E-state index contributed by atoms with van der Waals surface area (Å²) in [5, 5.41) is 0. The van der Waals surface area contributed by atoms with E-state index in [1.54, 1.807) is 19.1 Å². The first-order valence-corrected chi connectivity index (χ1v) is 7.35.